The molecule has 0 aliphatic rings. The van der Waals surface area contributed by atoms with Gasteiger partial charge >= 0.3 is 5.97 Å². The molecule has 17 heavy (non-hydrogen) atoms. The summed E-state index contributed by atoms with van der Waals surface area (Å²) in [6.07, 6.45) is 2.35. The number of hydrogen-bond donors (Lipinski definition) is 1. The van der Waals surface area contributed by atoms with Crippen molar-refractivity contribution in [3.8, 4) is 10.6 Å². The van der Waals surface area contributed by atoms with Gasteiger partial charge in [-0.15, -0.1) is 11.3 Å². The topological polar surface area (TPSA) is 65.5 Å². The van der Waals surface area contributed by atoms with E-state index in [1.807, 2.05) is 19.1 Å². The lowest BCUT2D eigenvalue weighted by Crippen LogP contribution is -2.02. The van der Waals surface area contributed by atoms with E-state index in [0.29, 0.717) is 10.6 Å². The van der Waals surface area contributed by atoms with Gasteiger partial charge in [-0.2, -0.15) is 0 Å². The molecule has 2 aromatic rings. The minimum Gasteiger partial charge on any atom is -0.465 e. The third-order valence-corrected chi connectivity index (χ3v) is 3.76. The van der Waals surface area contributed by atoms with Crippen molar-refractivity contribution < 1.29 is 13.9 Å². The average Bonchev–Trinajstić information content (AvgIpc) is 2.95. The van der Waals surface area contributed by atoms with E-state index in [2.05, 4.69) is 0 Å². The summed E-state index contributed by atoms with van der Waals surface area (Å²) in [4.78, 5) is 12.9. The molecule has 90 valence electrons. The standard InChI is InChI=1S/C12H13NO3S/c1-3-7-9(13)11(12(14)15-2)17-10(7)8-5-4-6-16-8/h4-6H,3,13H2,1-2H3. The molecule has 2 aromatic heterocycles. The number of furan rings is 1. The van der Waals surface area contributed by atoms with Crippen LogP contribution in [0.2, 0.25) is 0 Å². The van der Waals surface area contributed by atoms with Crippen LogP contribution in [0.4, 0.5) is 5.69 Å². The van der Waals surface area contributed by atoms with E-state index < -0.39 is 5.97 Å². The molecule has 0 bridgehead atoms. The highest BCUT2D eigenvalue weighted by Crippen LogP contribution is 2.39. The fraction of sp³-hybridized carbons (Fsp3) is 0.250. The van der Waals surface area contributed by atoms with E-state index in [1.165, 1.54) is 18.4 Å². The average molecular weight is 251 g/mol. The molecule has 2 rings (SSSR count). The second-order valence-corrected chi connectivity index (χ2v) is 4.50. The second-order valence-electron chi connectivity index (χ2n) is 3.47. The van der Waals surface area contributed by atoms with Crippen LogP contribution in [0.5, 0.6) is 0 Å². The van der Waals surface area contributed by atoms with Crippen molar-refractivity contribution in [3.05, 3.63) is 28.8 Å². The molecule has 0 spiro atoms. The molecule has 0 aliphatic heterocycles. The van der Waals surface area contributed by atoms with E-state index in [9.17, 15) is 4.79 Å². The van der Waals surface area contributed by atoms with Crippen molar-refractivity contribution in [2.45, 2.75) is 13.3 Å². The number of nitrogen functional groups attached to an aromatic ring is 1. The largest absolute Gasteiger partial charge is 0.465 e. The Labute approximate surface area is 103 Å². The van der Waals surface area contributed by atoms with Crippen LogP contribution >= 0.6 is 11.3 Å². The molecule has 0 saturated heterocycles. The van der Waals surface area contributed by atoms with Gasteiger partial charge in [-0.05, 0) is 24.1 Å². The number of methoxy groups -OCH3 is 1. The number of ether oxygens (including phenoxy) is 1. The molecule has 0 amide bonds. The van der Waals surface area contributed by atoms with Crippen LogP contribution in [-0.2, 0) is 11.2 Å². The fourth-order valence-corrected chi connectivity index (χ4v) is 2.88. The Balaban J connectivity index is 2.57. The van der Waals surface area contributed by atoms with Crippen LogP contribution in [-0.4, -0.2) is 13.1 Å². The molecule has 2 heterocycles. The van der Waals surface area contributed by atoms with Crippen molar-refractivity contribution in [2.24, 2.45) is 0 Å². The number of carbonyl (C=O) groups excluding carboxylic acids is 1. The van der Waals surface area contributed by atoms with Crippen LogP contribution in [0.15, 0.2) is 22.8 Å². The fourth-order valence-electron chi connectivity index (χ4n) is 1.68. The Bertz CT molecular complexity index is 528. The molecule has 4 nitrogen and oxygen atoms in total. The lowest BCUT2D eigenvalue weighted by molar-refractivity contribution is 0.0607. The molecular formula is C12H13NO3S. The first kappa shape index (κ1) is 11.7. The van der Waals surface area contributed by atoms with Crippen molar-refractivity contribution in [2.75, 3.05) is 12.8 Å². The van der Waals surface area contributed by atoms with E-state index in [1.54, 1.807) is 6.26 Å². The Morgan fingerprint density at radius 3 is 2.88 bits per heavy atom. The summed E-state index contributed by atoms with van der Waals surface area (Å²) >= 11 is 1.31. The van der Waals surface area contributed by atoms with Gasteiger partial charge in [0.1, 0.15) is 10.6 Å². The van der Waals surface area contributed by atoms with Crippen molar-refractivity contribution in [1.82, 2.24) is 0 Å². The van der Waals surface area contributed by atoms with Gasteiger partial charge in [0.2, 0.25) is 0 Å². The highest BCUT2D eigenvalue weighted by molar-refractivity contribution is 7.18. The molecule has 0 atom stereocenters. The number of hydrogen-bond acceptors (Lipinski definition) is 5. The van der Waals surface area contributed by atoms with Gasteiger partial charge < -0.3 is 14.9 Å². The monoisotopic (exact) mass is 251 g/mol. The minimum absolute atomic E-state index is 0.403. The predicted molar refractivity (Wildman–Crippen MR) is 67.2 cm³/mol. The highest BCUT2D eigenvalue weighted by atomic mass is 32.1. The Morgan fingerprint density at radius 2 is 2.35 bits per heavy atom. The van der Waals surface area contributed by atoms with E-state index in [4.69, 9.17) is 14.9 Å². The Hall–Kier alpha value is -1.75. The predicted octanol–water partition coefficient (Wildman–Crippen LogP) is 2.94. The summed E-state index contributed by atoms with van der Waals surface area (Å²) in [6, 6.07) is 3.66. The molecule has 0 aromatic carbocycles. The molecule has 0 fully saturated rings. The van der Waals surface area contributed by atoms with Crippen molar-refractivity contribution in [3.63, 3.8) is 0 Å². The summed E-state index contributed by atoms with van der Waals surface area (Å²) in [5, 5.41) is 0. The number of carbonyl (C=O) groups is 1. The number of rotatable bonds is 3. The smallest absolute Gasteiger partial charge is 0.350 e. The zero-order valence-electron chi connectivity index (χ0n) is 9.65. The van der Waals surface area contributed by atoms with Crippen LogP contribution in [0.3, 0.4) is 0 Å². The molecule has 2 N–H and O–H groups in total. The second kappa shape index (κ2) is 4.63. The van der Waals surface area contributed by atoms with Gasteiger partial charge in [0.15, 0.2) is 0 Å². The van der Waals surface area contributed by atoms with Gasteiger partial charge in [-0.1, -0.05) is 6.92 Å². The van der Waals surface area contributed by atoms with Gasteiger partial charge in [0.05, 0.1) is 23.9 Å². The molecule has 5 heteroatoms. The SMILES string of the molecule is CCc1c(-c2ccco2)sc(C(=O)OC)c1N. The quantitative estimate of drug-likeness (QED) is 0.852. The van der Waals surface area contributed by atoms with E-state index in [0.717, 1.165) is 22.6 Å². The lowest BCUT2D eigenvalue weighted by Gasteiger charge is -1.99. The van der Waals surface area contributed by atoms with E-state index in [-0.39, 0.29) is 0 Å². The van der Waals surface area contributed by atoms with Crippen LogP contribution < -0.4 is 5.73 Å². The normalized spacial score (nSPS) is 10.5. The molecular weight excluding hydrogens is 238 g/mol. The molecule has 0 saturated carbocycles. The highest BCUT2D eigenvalue weighted by Gasteiger charge is 2.22. The van der Waals surface area contributed by atoms with Crippen LogP contribution in [0.1, 0.15) is 22.2 Å². The van der Waals surface area contributed by atoms with Gasteiger partial charge in [-0.3, -0.25) is 0 Å². The van der Waals surface area contributed by atoms with Crippen molar-refractivity contribution >= 4 is 23.0 Å². The summed E-state index contributed by atoms with van der Waals surface area (Å²) in [5.41, 5.74) is 7.40. The first-order chi connectivity index (χ1) is 8.19. The van der Waals surface area contributed by atoms with E-state index >= 15 is 0 Å². The molecule has 0 radical (unpaired) electrons. The summed E-state index contributed by atoms with van der Waals surface area (Å²) < 4.78 is 10.1. The molecule has 0 aliphatic carbocycles. The first-order valence-electron chi connectivity index (χ1n) is 5.22. The Morgan fingerprint density at radius 1 is 1.59 bits per heavy atom. The zero-order chi connectivity index (χ0) is 12.4. The first-order valence-corrected chi connectivity index (χ1v) is 6.04. The Kier molecular flexibility index (Phi) is 3.19. The lowest BCUT2D eigenvalue weighted by atomic mass is 10.1. The summed E-state index contributed by atoms with van der Waals surface area (Å²) in [6.45, 7) is 1.99. The van der Waals surface area contributed by atoms with Gasteiger partial charge in [0, 0.05) is 0 Å². The van der Waals surface area contributed by atoms with Crippen LogP contribution in [0.25, 0.3) is 10.6 Å². The molecule has 0 unspecified atom stereocenters. The van der Waals surface area contributed by atoms with Gasteiger partial charge in [0.25, 0.3) is 0 Å². The number of nitrogens with two attached hydrogens (primary N) is 1. The zero-order valence-corrected chi connectivity index (χ0v) is 10.5. The number of thiophene rings is 1. The summed E-state index contributed by atoms with van der Waals surface area (Å²) in [5.74, 6) is 0.328. The number of esters is 1. The van der Waals surface area contributed by atoms with Gasteiger partial charge in [-0.25, -0.2) is 4.79 Å². The van der Waals surface area contributed by atoms with Crippen LogP contribution in [0, 0.1) is 0 Å². The third kappa shape index (κ3) is 1.93. The minimum atomic E-state index is -0.403. The number of anilines is 1. The maximum absolute atomic E-state index is 11.6. The maximum Gasteiger partial charge on any atom is 0.350 e. The third-order valence-electron chi connectivity index (χ3n) is 2.52. The maximum atomic E-state index is 11.6. The summed E-state index contributed by atoms with van der Waals surface area (Å²) in [7, 11) is 1.35. The van der Waals surface area contributed by atoms with Crippen molar-refractivity contribution in [1.29, 1.82) is 0 Å².